The largest absolute Gasteiger partial charge is 0.389 e. The summed E-state index contributed by atoms with van der Waals surface area (Å²) in [4.78, 5) is 0. The van der Waals surface area contributed by atoms with Gasteiger partial charge in [0.1, 0.15) is 0 Å². The zero-order valence-electron chi connectivity index (χ0n) is 11.4. The summed E-state index contributed by atoms with van der Waals surface area (Å²) in [6.07, 6.45) is 2.24. The first-order valence-electron chi connectivity index (χ1n) is 6.17. The predicted octanol–water partition coefficient (Wildman–Crippen LogP) is 1.34. The molecule has 0 saturated heterocycles. The molecule has 0 aromatic heterocycles. The maximum atomic E-state index is 9.61. The maximum absolute atomic E-state index is 9.61. The lowest BCUT2D eigenvalue weighted by Crippen LogP contribution is -2.35. The summed E-state index contributed by atoms with van der Waals surface area (Å²) in [5.41, 5.74) is -0.200. The Kier molecular flexibility index (Phi) is 9.36. The fraction of sp³-hybridized carbons (Fsp3) is 0.846. The van der Waals surface area contributed by atoms with Crippen LogP contribution in [0.2, 0.25) is 0 Å². The van der Waals surface area contributed by atoms with E-state index in [1.165, 1.54) is 0 Å². The van der Waals surface area contributed by atoms with Gasteiger partial charge in [-0.05, 0) is 27.2 Å². The first-order chi connectivity index (χ1) is 7.95. The van der Waals surface area contributed by atoms with Crippen LogP contribution in [0, 0.1) is 0 Å². The van der Waals surface area contributed by atoms with E-state index < -0.39 is 6.10 Å². The van der Waals surface area contributed by atoms with Crippen molar-refractivity contribution in [2.45, 2.75) is 38.9 Å². The van der Waals surface area contributed by atoms with Crippen molar-refractivity contribution >= 4 is 0 Å². The van der Waals surface area contributed by atoms with Gasteiger partial charge >= 0.3 is 0 Å². The molecule has 0 saturated carbocycles. The van der Waals surface area contributed by atoms with Crippen molar-refractivity contribution in [2.75, 3.05) is 32.9 Å². The minimum absolute atomic E-state index is 0.200. The summed E-state index contributed by atoms with van der Waals surface area (Å²) >= 11 is 0. The summed E-state index contributed by atoms with van der Waals surface area (Å²) in [5.74, 6) is 0. The summed E-state index contributed by atoms with van der Waals surface area (Å²) in [6.45, 7) is 12.5. The standard InChI is InChI=1S/C13H27NO3/c1-5-6-8-16-9-7-14-10-12(15)11-17-13(2,3)4/h5,12,14-15H,1,6-11H2,2-4H3. The topological polar surface area (TPSA) is 50.7 Å². The van der Waals surface area contributed by atoms with Crippen molar-refractivity contribution in [2.24, 2.45) is 0 Å². The smallest absolute Gasteiger partial charge is 0.0897 e. The van der Waals surface area contributed by atoms with Gasteiger partial charge in [0, 0.05) is 13.1 Å². The van der Waals surface area contributed by atoms with Gasteiger partial charge in [-0.3, -0.25) is 0 Å². The zero-order chi connectivity index (χ0) is 13.1. The van der Waals surface area contributed by atoms with Gasteiger partial charge < -0.3 is 19.9 Å². The molecule has 0 aliphatic carbocycles. The van der Waals surface area contributed by atoms with Crippen molar-refractivity contribution < 1.29 is 14.6 Å². The molecule has 1 atom stereocenters. The van der Waals surface area contributed by atoms with Gasteiger partial charge in [0.15, 0.2) is 0 Å². The summed E-state index contributed by atoms with van der Waals surface area (Å²) in [6, 6.07) is 0. The molecule has 0 aliphatic rings. The van der Waals surface area contributed by atoms with E-state index in [4.69, 9.17) is 9.47 Å². The summed E-state index contributed by atoms with van der Waals surface area (Å²) in [7, 11) is 0. The van der Waals surface area contributed by atoms with E-state index in [1.807, 2.05) is 26.8 Å². The molecule has 4 heteroatoms. The van der Waals surface area contributed by atoms with Crippen LogP contribution in [0.5, 0.6) is 0 Å². The van der Waals surface area contributed by atoms with Crippen LogP contribution >= 0.6 is 0 Å². The van der Waals surface area contributed by atoms with Crippen LogP contribution in [0.3, 0.4) is 0 Å². The molecule has 0 fully saturated rings. The van der Waals surface area contributed by atoms with Crippen molar-refractivity contribution in [1.82, 2.24) is 5.32 Å². The van der Waals surface area contributed by atoms with Gasteiger partial charge in [0.2, 0.25) is 0 Å². The minimum atomic E-state index is -0.470. The van der Waals surface area contributed by atoms with Gasteiger partial charge in [-0.25, -0.2) is 0 Å². The predicted molar refractivity (Wildman–Crippen MR) is 70.2 cm³/mol. The molecule has 0 rings (SSSR count). The lowest BCUT2D eigenvalue weighted by atomic mass is 10.2. The Hall–Kier alpha value is -0.420. The van der Waals surface area contributed by atoms with Gasteiger partial charge in [0.25, 0.3) is 0 Å². The van der Waals surface area contributed by atoms with Crippen molar-refractivity contribution in [3.8, 4) is 0 Å². The first-order valence-corrected chi connectivity index (χ1v) is 6.17. The molecule has 17 heavy (non-hydrogen) atoms. The van der Waals surface area contributed by atoms with E-state index in [1.54, 1.807) is 0 Å². The molecule has 0 aliphatic heterocycles. The molecular formula is C13H27NO3. The molecule has 0 amide bonds. The third-order valence-electron chi connectivity index (χ3n) is 1.98. The second kappa shape index (κ2) is 9.59. The Morgan fingerprint density at radius 3 is 2.65 bits per heavy atom. The zero-order valence-corrected chi connectivity index (χ0v) is 11.4. The molecular weight excluding hydrogens is 218 g/mol. The van der Waals surface area contributed by atoms with E-state index in [9.17, 15) is 5.11 Å². The van der Waals surface area contributed by atoms with E-state index in [2.05, 4.69) is 11.9 Å². The van der Waals surface area contributed by atoms with E-state index in [0.717, 1.165) is 13.0 Å². The number of hydrogen-bond acceptors (Lipinski definition) is 4. The Balaban J connectivity index is 3.27. The Labute approximate surface area is 105 Å². The van der Waals surface area contributed by atoms with Gasteiger partial charge in [0.05, 0.1) is 31.5 Å². The number of ether oxygens (including phenoxy) is 2. The average Bonchev–Trinajstić information content (AvgIpc) is 2.24. The monoisotopic (exact) mass is 245 g/mol. The Morgan fingerprint density at radius 2 is 2.06 bits per heavy atom. The van der Waals surface area contributed by atoms with Crippen molar-refractivity contribution in [3.05, 3.63) is 12.7 Å². The molecule has 0 spiro atoms. The number of hydrogen-bond donors (Lipinski definition) is 2. The van der Waals surface area contributed by atoms with Gasteiger partial charge in [-0.15, -0.1) is 6.58 Å². The highest BCUT2D eigenvalue weighted by atomic mass is 16.5. The second-order valence-electron chi connectivity index (χ2n) is 4.97. The van der Waals surface area contributed by atoms with Crippen LogP contribution in [0.15, 0.2) is 12.7 Å². The van der Waals surface area contributed by atoms with Crippen LogP contribution in [0.4, 0.5) is 0 Å². The second-order valence-corrected chi connectivity index (χ2v) is 4.97. The normalized spacial score (nSPS) is 13.6. The molecule has 0 bridgehead atoms. The molecule has 102 valence electrons. The summed E-state index contributed by atoms with van der Waals surface area (Å²) < 4.78 is 10.8. The Bertz CT molecular complexity index is 190. The quantitative estimate of drug-likeness (QED) is 0.450. The fourth-order valence-electron chi connectivity index (χ4n) is 1.09. The number of rotatable bonds is 10. The third-order valence-corrected chi connectivity index (χ3v) is 1.98. The summed E-state index contributed by atoms with van der Waals surface area (Å²) in [5, 5.41) is 12.7. The first kappa shape index (κ1) is 16.6. The fourth-order valence-corrected chi connectivity index (χ4v) is 1.09. The van der Waals surface area contributed by atoms with Crippen LogP contribution in [0.25, 0.3) is 0 Å². The molecule has 1 unspecified atom stereocenters. The average molecular weight is 245 g/mol. The van der Waals surface area contributed by atoms with Crippen LogP contribution in [0.1, 0.15) is 27.2 Å². The SMILES string of the molecule is C=CCCOCCNCC(O)COC(C)(C)C. The van der Waals surface area contributed by atoms with Gasteiger partial charge in [-0.2, -0.15) is 0 Å². The highest BCUT2D eigenvalue weighted by Crippen LogP contribution is 2.06. The molecule has 0 aromatic rings. The van der Waals surface area contributed by atoms with Crippen LogP contribution < -0.4 is 5.32 Å². The lowest BCUT2D eigenvalue weighted by Gasteiger charge is -2.22. The van der Waals surface area contributed by atoms with Crippen LogP contribution in [-0.4, -0.2) is 49.7 Å². The van der Waals surface area contributed by atoms with Gasteiger partial charge in [-0.1, -0.05) is 6.08 Å². The van der Waals surface area contributed by atoms with E-state index in [-0.39, 0.29) is 5.60 Å². The molecule has 0 heterocycles. The number of aliphatic hydroxyl groups is 1. The van der Waals surface area contributed by atoms with Crippen LogP contribution in [-0.2, 0) is 9.47 Å². The Morgan fingerprint density at radius 1 is 1.35 bits per heavy atom. The highest BCUT2D eigenvalue weighted by molar-refractivity contribution is 4.65. The van der Waals surface area contributed by atoms with E-state index in [0.29, 0.717) is 26.4 Å². The number of nitrogens with one attached hydrogen (secondary N) is 1. The minimum Gasteiger partial charge on any atom is -0.389 e. The van der Waals surface area contributed by atoms with Crippen molar-refractivity contribution in [3.63, 3.8) is 0 Å². The molecule has 4 nitrogen and oxygen atoms in total. The third kappa shape index (κ3) is 13.5. The maximum Gasteiger partial charge on any atom is 0.0897 e. The van der Waals surface area contributed by atoms with Crippen molar-refractivity contribution in [1.29, 1.82) is 0 Å². The lowest BCUT2D eigenvalue weighted by molar-refractivity contribution is -0.0480. The molecule has 0 aromatic carbocycles. The number of aliphatic hydroxyl groups excluding tert-OH is 1. The van der Waals surface area contributed by atoms with E-state index >= 15 is 0 Å². The molecule has 0 radical (unpaired) electrons. The highest BCUT2D eigenvalue weighted by Gasteiger charge is 2.12. The molecule has 2 N–H and O–H groups in total.